The summed E-state index contributed by atoms with van der Waals surface area (Å²) in [5.41, 5.74) is 3.28. The smallest absolute Gasteiger partial charge is 0.377 e. The first kappa shape index (κ1) is 18.8. The van der Waals surface area contributed by atoms with Gasteiger partial charge in [-0.2, -0.15) is 0 Å². The van der Waals surface area contributed by atoms with Gasteiger partial charge in [0.2, 0.25) is 11.5 Å². The summed E-state index contributed by atoms with van der Waals surface area (Å²) in [4.78, 5) is 25.3. The highest BCUT2D eigenvalue weighted by Crippen LogP contribution is 2.34. The molecule has 6 nitrogen and oxygen atoms in total. The zero-order valence-electron chi connectivity index (χ0n) is 16.1. The number of para-hydroxylation sites is 1. The number of carbonyl (C=O) groups excluding carboxylic acids is 2. The SMILES string of the molecule is CCn1c(-c2ccccc2)c(C(=O)COC(=O)C2=COCCO2)c2ccccc21. The van der Waals surface area contributed by atoms with Gasteiger partial charge in [0.05, 0.1) is 11.3 Å². The molecule has 0 aliphatic carbocycles. The lowest BCUT2D eigenvalue weighted by Gasteiger charge is -2.14. The van der Waals surface area contributed by atoms with Gasteiger partial charge in [-0.3, -0.25) is 4.79 Å². The van der Waals surface area contributed by atoms with Gasteiger partial charge < -0.3 is 18.8 Å². The van der Waals surface area contributed by atoms with E-state index < -0.39 is 5.97 Å². The van der Waals surface area contributed by atoms with E-state index in [1.165, 1.54) is 6.26 Å². The molecule has 0 bridgehead atoms. The van der Waals surface area contributed by atoms with Gasteiger partial charge in [0.1, 0.15) is 19.5 Å². The molecule has 0 radical (unpaired) electrons. The van der Waals surface area contributed by atoms with E-state index in [1.807, 2.05) is 61.5 Å². The van der Waals surface area contributed by atoms with E-state index in [0.717, 1.165) is 22.2 Å². The minimum atomic E-state index is -0.710. The number of nitrogens with zero attached hydrogens (tertiary/aromatic N) is 1. The summed E-state index contributed by atoms with van der Waals surface area (Å²) in [5.74, 6) is -1.00. The van der Waals surface area contributed by atoms with Crippen LogP contribution in [0.25, 0.3) is 22.2 Å². The van der Waals surface area contributed by atoms with Crippen LogP contribution in [0.15, 0.2) is 66.6 Å². The highest BCUT2D eigenvalue weighted by atomic mass is 16.6. The first-order valence-electron chi connectivity index (χ1n) is 9.52. The monoisotopic (exact) mass is 391 g/mol. The lowest BCUT2D eigenvalue weighted by atomic mass is 10.0. The number of hydrogen-bond donors (Lipinski definition) is 0. The molecule has 29 heavy (non-hydrogen) atoms. The Hall–Kier alpha value is -3.54. The number of esters is 1. The standard InChI is InChI=1S/C23H21NO5/c1-2-24-18-11-7-6-10-17(18)21(22(24)16-8-4-3-5-9-16)19(25)14-29-23(26)20-15-27-12-13-28-20/h3-11,15H,2,12-14H2,1H3. The summed E-state index contributed by atoms with van der Waals surface area (Å²) >= 11 is 0. The number of fused-ring (bicyclic) bond motifs is 1. The fraction of sp³-hybridized carbons (Fsp3) is 0.217. The normalized spacial score (nSPS) is 13.3. The van der Waals surface area contributed by atoms with Gasteiger partial charge in [0, 0.05) is 17.4 Å². The van der Waals surface area contributed by atoms with Gasteiger partial charge in [-0.25, -0.2) is 4.79 Å². The molecule has 148 valence electrons. The molecular formula is C23H21NO5. The molecule has 0 fully saturated rings. The molecule has 6 heteroatoms. The van der Waals surface area contributed by atoms with Crippen LogP contribution in [0, 0.1) is 0 Å². The second kappa shape index (κ2) is 8.22. The number of hydrogen-bond acceptors (Lipinski definition) is 5. The molecule has 0 unspecified atom stereocenters. The molecule has 3 aromatic rings. The van der Waals surface area contributed by atoms with Crippen molar-refractivity contribution in [2.24, 2.45) is 0 Å². The molecule has 2 heterocycles. The summed E-state index contributed by atoms with van der Waals surface area (Å²) in [6.45, 7) is 3.02. The topological polar surface area (TPSA) is 66.8 Å². The average Bonchev–Trinajstić information content (AvgIpc) is 3.13. The molecular weight excluding hydrogens is 370 g/mol. The van der Waals surface area contributed by atoms with Crippen molar-refractivity contribution >= 4 is 22.7 Å². The third-order valence-electron chi connectivity index (χ3n) is 4.80. The number of aromatic nitrogens is 1. The number of ether oxygens (including phenoxy) is 3. The molecule has 0 amide bonds. The van der Waals surface area contributed by atoms with E-state index in [9.17, 15) is 9.59 Å². The van der Waals surface area contributed by atoms with Gasteiger partial charge in [-0.05, 0) is 18.6 Å². The fourth-order valence-electron chi connectivity index (χ4n) is 3.56. The first-order valence-corrected chi connectivity index (χ1v) is 9.52. The fourth-order valence-corrected chi connectivity index (χ4v) is 3.56. The van der Waals surface area contributed by atoms with Crippen molar-refractivity contribution in [2.75, 3.05) is 19.8 Å². The van der Waals surface area contributed by atoms with Gasteiger partial charge in [-0.15, -0.1) is 0 Å². The van der Waals surface area contributed by atoms with Crippen LogP contribution < -0.4 is 0 Å². The number of carbonyl (C=O) groups is 2. The van der Waals surface area contributed by atoms with Crippen LogP contribution in [0.1, 0.15) is 17.3 Å². The molecule has 0 saturated heterocycles. The summed E-state index contributed by atoms with van der Waals surface area (Å²) in [6.07, 6.45) is 1.22. The molecule has 0 spiro atoms. The largest absolute Gasteiger partial charge is 0.493 e. The lowest BCUT2D eigenvalue weighted by Crippen LogP contribution is -2.20. The summed E-state index contributed by atoms with van der Waals surface area (Å²) < 4.78 is 17.6. The van der Waals surface area contributed by atoms with E-state index in [-0.39, 0.29) is 24.8 Å². The number of ketones is 1. The van der Waals surface area contributed by atoms with Crippen LogP contribution in [0.5, 0.6) is 0 Å². The Morgan fingerprint density at radius 2 is 1.79 bits per heavy atom. The molecule has 4 rings (SSSR count). The average molecular weight is 391 g/mol. The zero-order chi connectivity index (χ0) is 20.2. The van der Waals surface area contributed by atoms with Gasteiger partial charge in [0.15, 0.2) is 6.61 Å². The summed E-state index contributed by atoms with van der Waals surface area (Å²) in [7, 11) is 0. The lowest BCUT2D eigenvalue weighted by molar-refractivity contribution is -0.143. The van der Waals surface area contributed by atoms with Crippen molar-refractivity contribution < 1.29 is 23.8 Å². The Morgan fingerprint density at radius 3 is 2.52 bits per heavy atom. The van der Waals surface area contributed by atoms with Crippen LogP contribution in [0.3, 0.4) is 0 Å². The summed E-state index contributed by atoms with van der Waals surface area (Å²) in [5, 5.41) is 0.839. The molecule has 1 aliphatic heterocycles. The third-order valence-corrected chi connectivity index (χ3v) is 4.80. The Morgan fingerprint density at radius 1 is 1.03 bits per heavy atom. The number of benzene rings is 2. The summed E-state index contributed by atoms with van der Waals surface area (Å²) in [6, 6.07) is 17.5. The minimum absolute atomic E-state index is 0.0247. The molecule has 0 N–H and O–H groups in total. The predicted molar refractivity (Wildman–Crippen MR) is 108 cm³/mol. The van der Waals surface area contributed by atoms with Crippen LogP contribution in [0.4, 0.5) is 0 Å². The van der Waals surface area contributed by atoms with E-state index in [1.54, 1.807) is 0 Å². The molecule has 0 saturated carbocycles. The second-order valence-corrected chi connectivity index (χ2v) is 6.55. The van der Waals surface area contributed by atoms with E-state index in [0.29, 0.717) is 18.7 Å². The Labute approximate surface area is 168 Å². The maximum atomic E-state index is 13.2. The Balaban J connectivity index is 1.71. The van der Waals surface area contributed by atoms with E-state index in [2.05, 4.69) is 4.57 Å². The van der Waals surface area contributed by atoms with E-state index >= 15 is 0 Å². The minimum Gasteiger partial charge on any atom is -0.493 e. The number of aryl methyl sites for hydroxylation is 1. The van der Waals surface area contributed by atoms with Crippen LogP contribution >= 0.6 is 0 Å². The number of rotatable bonds is 6. The molecule has 1 aromatic heterocycles. The second-order valence-electron chi connectivity index (χ2n) is 6.55. The molecule has 1 aliphatic rings. The van der Waals surface area contributed by atoms with Crippen molar-refractivity contribution in [1.82, 2.24) is 4.57 Å². The Kier molecular flexibility index (Phi) is 5.33. The van der Waals surface area contributed by atoms with Crippen LogP contribution in [0.2, 0.25) is 0 Å². The van der Waals surface area contributed by atoms with Crippen molar-refractivity contribution in [3.05, 3.63) is 72.2 Å². The van der Waals surface area contributed by atoms with Gasteiger partial charge >= 0.3 is 5.97 Å². The zero-order valence-corrected chi connectivity index (χ0v) is 16.1. The van der Waals surface area contributed by atoms with Crippen LogP contribution in [-0.2, 0) is 25.5 Å². The highest BCUT2D eigenvalue weighted by Gasteiger charge is 2.25. The predicted octanol–water partition coefficient (Wildman–Crippen LogP) is 3.94. The van der Waals surface area contributed by atoms with Crippen molar-refractivity contribution in [3.63, 3.8) is 0 Å². The Bertz CT molecular complexity index is 1080. The van der Waals surface area contributed by atoms with Gasteiger partial charge in [0.25, 0.3) is 0 Å². The molecule has 0 atom stereocenters. The van der Waals surface area contributed by atoms with Gasteiger partial charge in [-0.1, -0.05) is 48.5 Å². The maximum absolute atomic E-state index is 13.2. The molecule has 2 aromatic carbocycles. The number of Topliss-reactive ketones (excluding diaryl/α,β-unsaturated/α-hetero) is 1. The maximum Gasteiger partial charge on any atom is 0.377 e. The first-order chi connectivity index (χ1) is 14.2. The van der Waals surface area contributed by atoms with E-state index in [4.69, 9.17) is 14.2 Å². The quantitative estimate of drug-likeness (QED) is 0.470. The van der Waals surface area contributed by atoms with Crippen molar-refractivity contribution in [2.45, 2.75) is 13.5 Å². The highest BCUT2D eigenvalue weighted by molar-refractivity contribution is 6.14. The van der Waals surface area contributed by atoms with Crippen LogP contribution in [-0.4, -0.2) is 36.1 Å². The van der Waals surface area contributed by atoms with Crippen molar-refractivity contribution in [1.29, 1.82) is 0 Å². The van der Waals surface area contributed by atoms with Crippen molar-refractivity contribution in [3.8, 4) is 11.3 Å². The third kappa shape index (κ3) is 3.61.